The molecule has 0 atom stereocenters. The van der Waals surface area contributed by atoms with Gasteiger partial charge in [-0.1, -0.05) is 43.6 Å². The number of ether oxygens (including phenoxy) is 1. The van der Waals surface area contributed by atoms with E-state index in [-0.39, 0.29) is 35.6 Å². The van der Waals surface area contributed by atoms with Crippen molar-refractivity contribution in [3.05, 3.63) is 53.4 Å². The molecule has 1 fully saturated rings. The van der Waals surface area contributed by atoms with Gasteiger partial charge >= 0.3 is 11.9 Å². The zero-order valence-corrected chi connectivity index (χ0v) is 19.0. The number of nitrogens with one attached hydrogen (secondary N) is 1. The van der Waals surface area contributed by atoms with Crippen molar-refractivity contribution in [3.63, 3.8) is 0 Å². The standard InChI is InChI=1S/C24H29N5O3/c1-16(2)19-8-6-7-9-21(19)29(18-12-14-28(15-13-18)17(3)30)24(31)26-20-10-11-22(25-4)27-23(20)32-5/h6-11,16,18H,12-15H2,1-3,5H3,(H,26,31). The Kier molecular flexibility index (Phi) is 7.31. The molecule has 1 aliphatic rings. The zero-order valence-electron chi connectivity index (χ0n) is 19.0. The first-order valence-electron chi connectivity index (χ1n) is 10.7. The molecule has 8 heteroatoms. The van der Waals surface area contributed by atoms with Crippen LogP contribution in [0.5, 0.6) is 5.88 Å². The van der Waals surface area contributed by atoms with Gasteiger partial charge < -0.3 is 19.8 Å². The summed E-state index contributed by atoms with van der Waals surface area (Å²) in [6, 6.07) is 10.7. The van der Waals surface area contributed by atoms with Gasteiger partial charge in [0.2, 0.25) is 5.91 Å². The third-order valence-corrected chi connectivity index (χ3v) is 5.71. The van der Waals surface area contributed by atoms with Crippen molar-refractivity contribution in [3.8, 4) is 5.88 Å². The first-order valence-corrected chi connectivity index (χ1v) is 10.7. The van der Waals surface area contributed by atoms with Crippen LogP contribution < -0.4 is 15.0 Å². The van der Waals surface area contributed by atoms with Gasteiger partial charge in [0.1, 0.15) is 5.69 Å². The van der Waals surface area contributed by atoms with Crippen LogP contribution in [0.4, 0.5) is 22.0 Å². The number of carbonyl (C=O) groups is 2. The summed E-state index contributed by atoms with van der Waals surface area (Å²) in [5.41, 5.74) is 2.33. The van der Waals surface area contributed by atoms with Crippen LogP contribution in [0.25, 0.3) is 4.85 Å². The normalized spacial score (nSPS) is 14.1. The van der Waals surface area contributed by atoms with Crippen LogP contribution >= 0.6 is 0 Å². The summed E-state index contributed by atoms with van der Waals surface area (Å²) in [7, 11) is 1.45. The molecule has 3 amide bonds. The lowest BCUT2D eigenvalue weighted by Gasteiger charge is -2.39. The second-order valence-electron chi connectivity index (χ2n) is 8.09. The van der Waals surface area contributed by atoms with Crippen LogP contribution in [0.1, 0.15) is 45.1 Å². The first-order chi connectivity index (χ1) is 15.3. The highest BCUT2D eigenvalue weighted by Crippen LogP contribution is 2.33. The number of nitrogens with zero attached hydrogens (tertiary/aromatic N) is 4. The summed E-state index contributed by atoms with van der Waals surface area (Å²) < 4.78 is 5.29. The van der Waals surface area contributed by atoms with E-state index in [0.29, 0.717) is 31.6 Å². The Morgan fingerprint density at radius 3 is 2.50 bits per heavy atom. The lowest BCUT2D eigenvalue weighted by atomic mass is 9.97. The second kappa shape index (κ2) is 10.1. The molecule has 0 bridgehead atoms. The molecule has 32 heavy (non-hydrogen) atoms. The van der Waals surface area contributed by atoms with Crippen molar-refractivity contribution in [1.82, 2.24) is 9.88 Å². The second-order valence-corrected chi connectivity index (χ2v) is 8.09. The molecule has 1 saturated heterocycles. The van der Waals surface area contributed by atoms with Crippen molar-refractivity contribution in [2.45, 2.75) is 45.6 Å². The number of hydrogen-bond acceptors (Lipinski definition) is 4. The molecule has 2 heterocycles. The van der Waals surface area contributed by atoms with Gasteiger partial charge in [0.05, 0.1) is 7.11 Å². The molecular formula is C24H29N5O3. The van der Waals surface area contributed by atoms with Gasteiger partial charge in [0.15, 0.2) is 0 Å². The van der Waals surface area contributed by atoms with E-state index < -0.39 is 0 Å². The predicted molar refractivity (Wildman–Crippen MR) is 124 cm³/mol. The molecule has 0 radical (unpaired) electrons. The van der Waals surface area contributed by atoms with Crippen molar-refractivity contribution < 1.29 is 14.3 Å². The van der Waals surface area contributed by atoms with Gasteiger partial charge in [-0.25, -0.2) is 4.79 Å². The summed E-state index contributed by atoms with van der Waals surface area (Å²) in [5, 5.41) is 2.92. The van der Waals surface area contributed by atoms with Crippen LogP contribution in [-0.2, 0) is 4.79 Å². The van der Waals surface area contributed by atoms with Crippen LogP contribution in [0.15, 0.2) is 36.4 Å². The minimum absolute atomic E-state index is 0.0535. The average Bonchev–Trinajstić information content (AvgIpc) is 2.80. The molecule has 0 spiro atoms. The lowest BCUT2D eigenvalue weighted by Crippen LogP contribution is -2.50. The SMILES string of the molecule is [C-]#[N+]c1ccc(NC(=O)N(c2ccccc2C(C)C)C2CCN(C(C)=O)CC2)c(OC)n1. The smallest absolute Gasteiger partial charge is 0.333 e. The number of benzene rings is 1. The van der Waals surface area contributed by atoms with Gasteiger partial charge in [-0.15, -0.1) is 0 Å². The Bertz CT molecular complexity index is 1020. The Morgan fingerprint density at radius 1 is 1.22 bits per heavy atom. The highest BCUT2D eigenvalue weighted by Gasteiger charge is 2.32. The Labute approximate surface area is 189 Å². The number of urea groups is 1. The largest absolute Gasteiger partial charge is 0.462 e. The zero-order chi connectivity index (χ0) is 23.3. The number of amides is 3. The number of piperidine rings is 1. The van der Waals surface area contributed by atoms with E-state index in [9.17, 15) is 9.59 Å². The van der Waals surface area contributed by atoms with E-state index in [4.69, 9.17) is 11.3 Å². The van der Waals surface area contributed by atoms with Gasteiger partial charge in [-0.05, 0) is 42.5 Å². The summed E-state index contributed by atoms with van der Waals surface area (Å²) in [4.78, 5) is 36.5. The molecule has 0 aliphatic carbocycles. The van der Waals surface area contributed by atoms with E-state index >= 15 is 0 Å². The van der Waals surface area contributed by atoms with Gasteiger partial charge in [-0.2, -0.15) is 0 Å². The minimum atomic E-state index is -0.296. The van der Waals surface area contributed by atoms with Gasteiger partial charge in [0.25, 0.3) is 5.82 Å². The van der Waals surface area contributed by atoms with Crippen molar-refractivity contribution in [2.24, 2.45) is 0 Å². The summed E-state index contributed by atoms with van der Waals surface area (Å²) in [6.45, 7) is 14.1. The number of methoxy groups -OCH3 is 1. The quantitative estimate of drug-likeness (QED) is 0.684. The van der Waals surface area contributed by atoms with Crippen LogP contribution in [-0.4, -0.2) is 48.1 Å². The minimum Gasteiger partial charge on any atom is -0.462 e. The fraction of sp³-hybridized carbons (Fsp3) is 0.417. The van der Waals surface area contributed by atoms with Crippen LogP contribution in [0.3, 0.4) is 0 Å². The third kappa shape index (κ3) is 4.99. The van der Waals surface area contributed by atoms with E-state index in [1.807, 2.05) is 29.2 Å². The van der Waals surface area contributed by atoms with Crippen LogP contribution in [0, 0.1) is 6.57 Å². The summed E-state index contributed by atoms with van der Waals surface area (Å²) in [6.07, 6.45) is 1.37. The number of pyridine rings is 1. The number of aromatic nitrogens is 1. The van der Waals surface area contributed by atoms with Gasteiger partial charge in [-0.3, -0.25) is 9.69 Å². The Balaban J connectivity index is 1.95. The number of anilines is 2. The molecule has 0 unspecified atom stereocenters. The number of para-hydroxylation sites is 1. The fourth-order valence-electron chi connectivity index (χ4n) is 4.03. The molecule has 1 aliphatic heterocycles. The van der Waals surface area contributed by atoms with E-state index in [0.717, 1.165) is 11.3 Å². The maximum absolute atomic E-state index is 13.6. The first kappa shape index (κ1) is 23.1. The maximum atomic E-state index is 13.6. The molecule has 1 aromatic carbocycles. The molecule has 168 valence electrons. The van der Waals surface area contributed by atoms with Gasteiger partial charge in [0, 0.05) is 31.7 Å². The molecule has 1 aromatic heterocycles. The van der Waals surface area contributed by atoms with Crippen molar-refractivity contribution in [2.75, 3.05) is 30.4 Å². The summed E-state index contributed by atoms with van der Waals surface area (Å²) >= 11 is 0. The lowest BCUT2D eigenvalue weighted by molar-refractivity contribution is -0.129. The Morgan fingerprint density at radius 2 is 1.91 bits per heavy atom. The topological polar surface area (TPSA) is 79.1 Å². The van der Waals surface area contributed by atoms with Crippen molar-refractivity contribution in [1.29, 1.82) is 0 Å². The molecule has 3 rings (SSSR count). The summed E-state index contributed by atoms with van der Waals surface area (Å²) in [5.74, 6) is 0.666. The van der Waals surface area contributed by atoms with Crippen molar-refractivity contribution >= 4 is 29.1 Å². The molecule has 1 N–H and O–H groups in total. The van der Waals surface area contributed by atoms with E-state index in [1.54, 1.807) is 24.0 Å². The fourth-order valence-corrected chi connectivity index (χ4v) is 4.03. The molecule has 8 nitrogen and oxygen atoms in total. The number of carbonyl (C=O) groups excluding carboxylic acids is 2. The number of likely N-dealkylation sites (tertiary alicyclic amines) is 1. The molecular weight excluding hydrogens is 406 g/mol. The highest BCUT2D eigenvalue weighted by molar-refractivity contribution is 6.03. The average molecular weight is 436 g/mol. The monoisotopic (exact) mass is 435 g/mol. The van der Waals surface area contributed by atoms with E-state index in [1.165, 1.54) is 7.11 Å². The Hall–Kier alpha value is -3.60. The predicted octanol–water partition coefficient (Wildman–Crippen LogP) is 4.81. The maximum Gasteiger partial charge on any atom is 0.333 e. The number of hydrogen-bond donors (Lipinski definition) is 1. The number of rotatable bonds is 5. The third-order valence-electron chi connectivity index (χ3n) is 5.71. The van der Waals surface area contributed by atoms with Crippen LogP contribution in [0.2, 0.25) is 0 Å². The molecule has 2 aromatic rings. The highest BCUT2D eigenvalue weighted by atomic mass is 16.5. The van der Waals surface area contributed by atoms with E-state index in [2.05, 4.69) is 29.0 Å². The molecule has 0 saturated carbocycles.